The van der Waals surface area contributed by atoms with Gasteiger partial charge in [-0.3, -0.25) is 4.99 Å². The van der Waals surface area contributed by atoms with Crippen molar-refractivity contribution in [3.63, 3.8) is 0 Å². The smallest absolute Gasteiger partial charge is 0.407 e. The van der Waals surface area contributed by atoms with E-state index in [1.165, 1.54) is 0 Å². The van der Waals surface area contributed by atoms with Gasteiger partial charge in [-0.1, -0.05) is 0 Å². The largest absolute Gasteiger partial charge is 0.444 e. The van der Waals surface area contributed by atoms with E-state index in [0.29, 0.717) is 12.5 Å². The highest BCUT2D eigenvalue weighted by Crippen LogP contribution is 2.19. The molecule has 0 atom stereocenters. The number of hydrogen-bond donors (Lipinski definition) is 3. The molecule has 170 valence electrons. The summed E-state index contributed by atoms with van der Waals surface area (Å²) < 4.78 is 29.0. The minimum Gasteiger partial charge on any atom is -0.444 e. The van der Waals surface area contributed by atoms with Crippen LogP contribution in [0.5, 0.6) is 0 Å². The minimum atomic E-state index is -3.19. The van der Waals surface area contributed by atoms with E-state index in [9.17, 15) is 13.2 Å². The Morgan fingerprint density at radius 2 is 1.52 bits per heavy atom. The second-order valence-corrected chi connectivity index (χ2v) is 12.4. The Bertz CT molecular complexity index is 655. The number of carbonyl (C=O) groups is 1. The van der Waals surface area contributed by atoms with Gasteiger partial charge in [0.25, 0.3) is 0 Å². The van der Waals surface area contributed by atoms with Crippen molar-refractivity contribution < 1.29 is 17.9 Å². The number of alkyl carbamates (subject to hydrolysis) is 1. The first-order chi connectivity index (χ1) is 13.2. The molecule has 1 amide bonds. The predicted octanol–water partition coefficient (Wildman–Crippen LogP) is 2.59. The van der Waals surface area contributed by atoms with Crippen LogP contribution in [0, 0.1) is 0 Å². The highest BCUT2D eigenvalue weighted by molar-refractivity contribution is 7.92. The van der Waals surface area contributed by atoms with Crippen LogP contribution >= 0.6 is 0 Å². The van der Waals surface area contributed by atoms with Gasteiger partial charge in [-0.15, -0.1) is 0 Å². The lowest BCUT2D eigenvalue weighted by molar-refractivity contribution is 0.0490. The van der Waals surface area contributed by atoms with Gasteiger partial charge in [0.15, 0.2) is 15.8 Å². The predicted molar refractivity (Wildman–Crippen MR) is 118 cm³/mol. The Labute approximate surface area is 176 Å². The number of amides is 1. The van der Waals surface area contributed by atoms with E-state index in [2.05, 4.69) is 20.9 Å². The molecular weight excluding hydrogens is 392 g/mol. The molecule has 29 heavy (non-hydrogen) atoms. The lowest BCUT2D eigenvalue weighted by Crippen LogP contribution is -2.48. The van der Waals surface area contributed by atoms with Crippen molar-refractivity contribution in [2.24, 2.45) is 4.99 Å². The van der Waals surface area contributed by atoms with E-state index in [4.69, 9.17) is 4.74 Å². The monoisotopic (exact) mass is 432 g/mol. The van der Waals surface area contributed by atoms with Crippen molar-refractivity contribution in [1.82, 2.24) is 16.0 Å². The Balaban J connectivity index is 2.51. The molecule has 1 fully saturated rings. The standard InChI is InChI=1S/C20H40N4O4S/c1-8-21-17(22-13-14-29(26,27)20(5,6)7)23-15-9-11-16(12-10-15)24-18(25)28-19(2,3)4/h15-16H,8-14H2,1-7H3,(H,24,25)(H2,21,22,23). The molecule has 0 saturated heterocycles. The zero-order valence-electron chi connectivity index (χ0n) is 19.1. The SMILES string of the molecule is CCNC(=NCCS(=O)(=O)C(C)(C)C)NC1CCC(NC(=O)OC(C)(C)C)CC1. The molecule has 0 unspecified atom stereocenters. The van der Waals surface area contributed by atoms with Crippen LogP contribution in [0.25, 0.3) is 0 Å². The van der Waals surface area contributed by atoms with Gasteiger partial charge in [0, 0.05) is 18.6 Å². The van der Waals surface area contributed by atoms with Gasteiger partial charge >= 0.3 is 6.09 Å². The van der Waals surface area contributed by atoms with Crippen LogP contribution in [0.3, 0.4) is 0 Å². The van der Waals surface area contributed by atoms with E-state index in [1.807, 2.05) is 27.7 Å². The lowest BCUT2D eigenvalue weighted by atomic mass is 9.91. The summed E-state index contributed by atoms with van der Waals surface area (Å²) in [5.74, 6) is 0.666. The Kier molecular flexibility index (Phi) is 9.24. The summed E-state index contributed by atoms with van der Waals surface area (Å²) in [5.41, 5.74) is -0.500. The number of aliphatic imine (C=N–C) groups is 1. The van der Waals surface area contributed by atoms with Gasteiger partial charge in [-0.05, 0) is 74.1 Å². The molecule has 0 radical (unpaired) electrons. The van der Waals surface area contributed by atoms with E-state index in [0.717, 1.165) is 25.7 Å². The van der Waals surface area contributed by atoms with Crippen molar-refractivity contribution in [3.8, 4) is 0 Å². The maximum Gasteiger partial charge on any atom is 0.407 e. The summed E-state index contributed by atoms with van der Waals surface area (Å²) in [4.78, 5) is 16.4. The third-order valence-electron chi connectivity index (χ3n) is 4.70. The number of rotatable bonds is 6. The fourth-order valence-corrected chi connectivity index (χ4v) is 3.90. The van der Waals surface area contributed by atoms with Crippen molar-refractivity contribution in [3.05, 3.63) is 0 Å². The molecule has 9 heteroatoms. The number of carbonyl (C=O) groups excluding carboxylic acids is 1. The number of sulfone groups is 1. The normalized spacial score (nSPS) is 21.4. The summed E-state index contributed by atoms with van der Waals surface area (Å²) in [6.07, 6.45) is 3.13. The summed E-state index contributed by atoms with van der Waals surface area (Å²) in [6.45, 7) is 13.6. The maximum absolute atomic E-state index is 12.2. The molecule has 0 bridgehead atoms. The van der Waals surface area contributed by atoms with Gasteiger partial charge in [0.1, 0.15) is 5.60 Å². The number of hydrogen-bond acceptors (Lipinski definition) is 5. The van der Waals surface area contributed by atoms with Gasteiger partial charge in [0.05, 0.1) is 17.0 Å². The van der Waals surface area contributed by atoms with Crippen LogP contribution in [-0.4, -0.2) is 61.7 Å². The quantitative estimate of drug-likeness (QED) is 0.440. The molecule has 1 rings (SSSR count). The van der Waals surface area contributed by atoms with Crippen LogP contribution in [0.15, 0.2) is 4.99 Å². The zero-order valence-corrected chi connectivity index (χ0v) is 19.9. The molecule has 1 aliphatic carbocycles. The first-order valence-electron chi connectivity index (χ1n) is 10.5. The number of ether oxygens (including phenoxy) is 1. The second kappa shape index (κ2) is 10.5. The van der Waals surface area contributed by atoms with Crippen molar-refractivity contribution in [2.45, 2.75) is 96.6 Å². The van der Waals surface area contributed by atoms with Crippen molar-refractivity contribution >= 4 is 21.9 Å². The highest BCUT2D eigenvalue weighted by Gasteiger charge is 2.28. The van der Waals surface area contributed by atoms with Crippen LogP contribution in [0.4, 0.5) is 4.79 Å². The van der Waals surface area contributed by atoms with E-state index >= 15 is 0 Å². The lowest BCUT2D eigenvalue weighted by Gasteiger charge is -2.31. The molecule has 0 aromatic heterocycles. The van der Waals surface area contributed by atoms with Gasteiger partial charge in [-0.25, -0.2) is 13.2 Å². The molecule has 0 aromatic rings. The molecule has 0 spiro atoms. The molecule has 8 nitrogen and oxygen atoms in total. The van der Waals surface area contributed by atoms with E-state index in [-0.39, 0.29) is 30.5 Å². The van der Waals surface area contributed by atoms with Gasteiger partial charge in [0.2, 0.25) is 0 Å². The number of nitrogens with one attached hydrogen (secondary N) is 3. The number of guanidine groups is 1. The molecule has 1 saturated carbocycles. The highest BCUT2D eigenvalue weighted by atomic mass is 32.2. The Hall–Kier alpha value is -1.51. The topological polar surface area (TPSA) is 109 Å². The van der Waals surface area contributed by atoms with Crippen LogP contribution in [0.2, 0.25) is 0 Å². The summed E-state index contributed by atoms with van der Waals surface area (Å²) in [7, 11) is -3.19. The third kappa shape index (κ3) is 9.69. The molecule has 1 aliphatic rings. The second-order valence-electron chi connectivity index (χ2n) is 9.53. The summed E-state index contributed by atoms with van der Waals surface area (Å²) in [6, 6.07) is 0.350. The van der Waals surface area contributed by atoms with Gasteiger partial charge < -0.3 is 20.7 Å². The first kappa shape index (κ1) is 25.5. The van der Waals surface area contributed by atoms with Crippen LogP contribution in [-0.2, 0) is 14.6 Å². The summed E-state index contributed by atoms with van der Waals surface area (Å²) in [5, 5.41) is 9.51. The Morgan fingerprint density at radius 3 is 1.97 bits per heavy atom. The zero-order chi connectivity index (χ0) is 22.3. The molecular formula is C20H40N4O4S. The average Bonchev–Trinajstić information content (AvgIpc) is 2.53. The fraction of sp³-hybridized carbons (Fsp3) is 0.900. The molecule has 0 heterocycles. The van der Waals surface area contributed by atoms with Crippen LogP contribution < -0.4 is 16.0 Å². The Morgan fingerprint density at radius 1 is 1.00 bits per heavy atom. The van der Waals surface area contributed by atoms with Crippen molar-refractivity contribution in [1.29, 1.82) is 0 Å². The minimum absolute atomic E-state index is 0.0274. The summed E-state index contributed by atoms with van der Waals surface area (Å²) >= 11 is 0. The van der Waals surface area contributed by atoms with Crippen LogP contribution in [0.1, 0.15) is 74.1 Å². The first-order valence-corrected chi connectivity index (χ1v) is 12.2. The van der Waals surface area contributed by atoms with E-state index in [1.54, 1.807) is 20.8 Å². The molecule has 3 N–H and O–H groups in total. The van der Waals surface area contributed by atoms with Gasteiger partial charge in [-0.2, -0.15) is 0 Å². The van der Waals surface area contributed by atoms with Crippen molar-refractivity contribution in [2.75, 3.05) is 18.8 Å². The van der Waals surface area contributed by atoms with E-state index < -0.39 is 20.2 Å². The maximum atomic E-state index is 12.2. The molecule has 0 aliphatic heterocycles. The third-order valence-corrected chi connectivity index (χ3v) is 7.28. The average molecular weight is 433 g/mol. The molecule has 0 aromatic carbocycles. The number of nitrogens with zero attached hydrogens (tertiary/aromatic N) is 1. The fourth-order valence-electron chi connectivity index (χ4n) is 2.95.